The Kier molecular flexibility index (Phi) is 6.84. The van der Waals surface area contributed by atoms with Crippen molar-refractivity contribution in [3.8, 4) is 0 Å². The van der Waals surface area contributed by atoms with E-state index in [-0.39, 0.29) is 24.7 Å². The number of benzene rings is 1. The lowest BCUT2D eigenvalue weighted by atomic mass is 10.0. The molecule has 0 bridgehead atoms. The molecule has 5 heteroatoms. The Labute approximate surface area is 119 Å². The second kappa shape index (κ2) is 8.15. The van der Waals surface area contributed by atoms with E-state index >= 15 is 0 Å². The van der Waals surface area contributed by atoms with Crippen LogP contribution in [0.5, 0.6) is 0 Å². The molecule has 0 aliphatic rings. The molecule has 0 heterocycles. The zero-order chi connectivity index (χ0) is 14.3. The van der Waals surface area contributed by atoms with Gasteiger partial charge >= 0.3 is 0 Å². The highest BCUT2D eigenvalue weighted by Gasteiger charge is 2.20. The Balaban J connectivity index is 2.63. The van der Waals surface area contributed by atoms with E-state index in [1.54, 1.807) is 19.2 Å². The Hall–Kier alpha value is -1.10. The molecule has 0 unspecified atom stereocenters. The van der Waals surface area contributed by atoms with E-state index in [0.717, 1.165) is 5.56 Å². The van der Waals surface area contributed by atoms with Crippen LogP contribution in [0, 0.1) is 0 Å². The third kappa shape index (κ3) is 5.19. The van der Waals surface area contributed by atoms with Crippen molar-refractivity contribution in [2.24, 2.45) is 0 Å². The van der Waals surface area contributed by atoms with Crippen LogP contribution in [0.4, 0.5) is 0 Å². The summed E-state index contributed by atoms with van der Waals surface area (Å²) in [5.74, 6) is -0.148. The number of hydrogen-bond acceptors (Lipinski definition) is 3. The normalized spacial score (nSPS) is 13.9. The molecular formula is C14H20ClNO3. The number of carbonyl (C=O) groups excluding carboxylic acids is 1. The molecule has 0 aromatic heterocycles. The summed E-state index contributed by atoms with van der Waals surface area (Å²) in [6.45, 7) is 4.33. The van der Waals surface area contributed by atoms with Crippen molar-refractivity contribution in [3.63, 3.8) is 0 Å². The average Bonchev–Trinajstić information content (AvgIpc) is 2.39. The number of nitrogens with one attached hydrogen (secondary N) is 1. The first kappa shape index (κ1) is 16.0. The molecule has 1 aromatic carbocycles. The zero-order valence-corrected chi connectivity index (χ0v) is 12.2. The number of methoxy groups -OCH3 is 1. The second-order valence-corrected chi connectivity index (χ2v) is 4.64. The molecule has 1 N–H and O–H groups in total. The van der Waals surface area contributed by atoms with Crippen molar-refractivity contribution >= 4 is 17.5 Å². The van der Waals surface area contributed by atoms with E-state index in [2.05, 4.69) is 5.32 Å². The van der Waals surface area contributed by atoms with Crippen molar-refractivity contribution in [1.29, 1.82) is 0 Å². The molecule has 0 radical (unpaired) electrons. The second-order valence-electron chi connectivity index (χ2n) is 4.20. The number of carbonyl (C=O) groups is 1. The van der Waals surface area contributed by atoms with Gasteiger partial charge < -0.3 is 14.8 Å². The Morgan fingerprint density at radius 2 is 2.00 bits per heavy atom. The zero-order valence-electron chi connectivity index (χ0n) is 11.5. The highest BCUT2D eigenvalue weighted by molar-refractivity contribution is 6.30. The van der Waals surface area contributed by atoms with Crippen LogP contribution in [0.25, 0.3) is 0 Å². The maximum atomic E-state index is 11.6. The van der Waals surface area contributed by atoms with Gasteiger partial charge in [0.2, 0.25) is 5.91 Å². The van der Waals surface area contributed by atoms with E-state index in [9.17, 15) is 4.79 Å². The van der Waals surface area contributed by atoms with Gasteiger partial charge in [-0.25, -0.2) is 0 Å². The summed E-state index contributed by atoms with van der Waals surface area (Å²) in [7, 11) is 1.62. The van der Waals surface area contributed by atoms with Crippen molar-refractivity contribution in [1.82, 2.24) is 5.32 Å². The van der Waals surface area contributed by atoms with E-state index in [1.807, 2.05) is 26.0 Å². The van der Waals surface area contributed by atoms with Gasteiger partial charge in [0, 0.05) is 18.7 Å². The van der Waals surface area contributed by atoms with Crippen molar-refractivity contribution in [2.45, 2.75) is 26.0 Å². The first-order valence-corrected chi connectivity index (χ1v) is 6.61. The summed E-state index contributed by atoms with van der Waals surface area (Å²) in [5.41, 5.74) is 0.969. The molecule has 0 aliphatic heterocycles. The summed E-state index contributed by atoms with van der Waals surface area (Å²) in [4.78, 5) is 11.6. The first-order valence-electron chi connectivity index (χ1n) is 6.23. The summed E-state index contributed by atoms with van der Waals surface area (Å²) >= 11 is 5.85. The summed E-state index contributed by atoms with van der Waals surface area (Å²) < 4.78 is 10.5. The maximum absolute atomic E-state index is 11.6. The van der Waals surface area contributed by atoms with Crippen LogP contribution in [-0.4, -0.2) is 32.3 Å². The van der Waals surface area contributed by atoms with Gasteiger partial charge in [0.15, 0.2) is 0 Å². The molecule has 0 saturated carbocycles. The molecule has 4 nitrogen and oxygen atoms in total. The van der Waals surface area contributed by atoms with Gasteiger partial charge in [0.1, 0.15) is 12.7 Å². The van der Waals surface area contributed by atoms with E-state index in [0.29, 0.717) is 11.6 Å². The first-order chi connectivity index (χ1) is 9.08. The molecule has 1 amide bonds. The Morgan fingerprint density at radius 3 is 2.53 bits per heavy atom. The van der Waals surface area contributed by atoms with Crippen LogP contribution in [0.2, 0.25) is 5.02 Å². The summed E-state index contributed by atoms with van der Waals surface area (Å²) in [5, 5.41) is 3.53. The quantitative estimate of drug-likeness (QED) is 0.837. The van der Waals surface area contributed by atoms with Crippen LogP contribution in [0.1, 0.15) is 25.5 Å². The number of ether oxygens (including phenoxy) is 2. The minimum absolute atomic E-state index is 0.0674. The highest BCUT2D eigenvalue weighted by Crippen LogP contribution is 2.22. The van der Waals surface area contributed by atoms with Gasteiger partial charge in [0.25, 0.3) is 0 Å². The van der Waals surface area contributed by atoms with Crippen molar-refractivity contribution in [2.75, 3.05) is 20.3 Å². The predicted molar refractivity (Wildman–Crippen MR) is 75.3 cm³/mol. The van der Waals surface area contributed by atoms with Gasteiger partial charge in [-0.3, -0.25) is 4.79 Å². The summed E-state index contributed by atoms with van der Waals surface area (Å²) in [6, 6.07) is 7.23. The van der Waals surface area contributed by atoms with Gasteiger partial charge in [-0.2, -0.15) is 0 Å². The lowest BCUT2D eigenvalue weighted by Crippen LogP contribution is -2.39. The van der Waals surface area contributed by atoms with Crippen LogP contribution in [0.15, 0.2) is 24.3 Å². The van der Waals surface area contributed by atoms with Gasteiger partial charge in [-0.05, 0) is 31.5 Å². The molecule has 0 spiro atoms. The monoisotopic (exact) mass is 285 g/mol. The number of amides is 1. The van der Waals surface area contributed by atoms with Crippen LogP contribution < -0.4 is 5.32 Å². The minimum Gasteiger partial charge on any atom is -0.375 e. The van der Waals surface area contributed by atoms with E-state index in [1.165, 1.54) is 0 Å². The third-order valence-corrected chi connectivity index (χ3v) is 2.98. The molecule has 1 rings (SSSR count). The van der Waals surface area contributed by atoms with Crippen LogP contribution >= 0.6 is 11.6 Å². The van der Waals surface area contributed by atoms with Gasteiger partial charge in [-0.1, -0.05) is 23.7 Å². The summed E-state index contributed by atoms with van der Waals surface area (Å²) in [6.07, 6.45) is -0.220. The largest absolute Gasteiger partial charge is 0.375 e. The Bertz CT molecular complexity index is 394. The molecule has 1 aromatic rings. The molecule has 0 saturated heterocycles. The maximum Gasteiger partial charge on any atom is 0.246 e. The van der Waals surface area contributed by atoms with E-state index < -0.39 is 0 Å². The van der Waals surface area contributed by atoms with Crippen molar-refractivity contribution < 1.29 is 14.3 Å². The van der Waals surface area contributed by atoms with Crippen molar-refractivity contribution in [3.05, 3.63) is 34.9 Å². The fourth-order valence-corrected chi connectivity index (χ4v) is 1.97. The molecule has 0 aliphatic carbocycles. The predicted octanol–water partition coefficient (Wildman–Crippen LogP) is 2.57. The molecule has 0 fully saturated rings. The SMILES string of the molecule is CCOCC(=O)N[C@H](C)[C@H](OC)c1ccc(Cl)cc1. The number of halogens is 1. The average molecular weight is 286 g/mol. The molecular weight excluding hydrogens is 266 g/mol. The van der Waals surface area contributed by atoms with E-state index in [4.69, 9.17) is 21.1 Å². The highest BCUT2D eigenvalue weighted by atomic mass is 35.5. The minimum atomic E-state index is -0.220. The fraction of sp³-hybridized carbons (Fsp3) is 0.500. The molecule has 106 valence electrons. The number of rotatable bonds is 7. The molecule has 2 atom stereocenters. The topological polar surface area (TPSA) is 47.6 Å². The van der Waals surface area contributed by atoms with Gasteiger partial charge in [-0.15, -0.1) is 0 Å². The smallest absolute Gasteiger partial charge is 0.246 e. The number of hydrogen-bond donors (Lipinski definition) is 1. The van der Waals surface area contributed by atoms with Gasteiger partial charge in [0.05, 0.1) is 6.04 Å². The standard InChI is InChI=1S/C14H20ClNO3/c1-4-19-9-13(17)16-10(2)14(18-3)11-5-7-12(15)8-6-11/h5-8,10,14H,4,9H2,1-3H3,(H,16,17)/t10-,14+/m1/s1. The third-order valence-electron chi connectivity index (χ3n) is 2.73. The molecule has 19 heavy (non-hydrogen) atoms. The van der Waals surface area contributed by atoms with Crippen LogP contribution in [0.3, 0.4) is 0 Å². The lowest BCUT2D eigenvalue weighted by molar-refractivity contribution is -0.127. The Morgan fingerprint density at radius 1 is 1.37 bits per heavy atom. The van der Waals surface area contributed by atoms with Crippen LogP contribution in [-0.2, 0) is 14.3 Å². The fourth-order valence-electron chi connectivity index (χ4n) is 1.85. The lowest BCUT2D eigenvalue weighted by Gasteiger charge is -2.24.